The summed E-state index contributed by atoms with van der Waals surface area (Å²) < 4.78 is 2.19. The van der Waals surface area contributed by atoms with Gasteiger partial charge in [-0.25, -0.2) is 0 Å². The van der Waals surface area contributed by atoms with Gasteiger partial charge >= 0.3 is 0 Å². The summed E-state index contributed by atoms with van der Waals surface area (Å²) in [7, 11) is 0. The Morgan fingerprint density at radius 1 is 1.11 bits per heavy atom. The molecule has 0 saturated heterocycles. The average Bonchev–Trinajstić information content (AvgIpc) is 3.12. The number of hydrogen-bond acceptors (Lipinski definition) is 1. The molecule has 146 valence electrons. The zero-order valence-corrected chi connectivity index (χ0v) is 17.5. The predicted molar refractivity (Wildman–Crippen MR) is 116 cm³/mol. The maximum Gasteiger partial charge on any atom is 0.254 e. The minimum absolute atomic E-state index is 0.0861. The van der Waals surface area contributed by atoms with Crippen molar-refractivity contribution < 1.29 is 4.79 Å². The van der Waals surface area contributed by atoms with Crippen LogP contribution in [0.25, 0.3) is 0 Å². The standard InChI is InChI=1S/C24H27ClN2O/c1-4-19(3)27(24(28)23-13-6-5-9-18(23)2)17-22-12-8-14-26(22)16-20-10-7-11-21(25)15-20/h5-15,19H,4,16-17H2,1-3H3. The van der Waals surface area contributed by atoms with Gasteiger partial charge in [-0.05, 0) is 61.7 Å². The molecule has 28 heavy (non-hydrogen) atoms. The molecule has 1 unspecified atom stereocenters. The molecule has 3 nitrogen and oxygen atoms in total. The lowest BCUT2D eigenvalue weighted by Gasteiger charge is -2.30. The third kappa shape index (κ3) is 4.66. The van der Waals surface area contributed by atoms with Crippen molar-refractivity contribution >= 4 is 17.5 Å². The Balaban J connectivity index is 1.86. The van der Waals surface area contributed by atoms with Crippen molar-refractivity contribution in [3.8, 4) is 0 Å². The lowest BCUT2D eigenvalue weighted by atomic mass is 10.1. The Morgan fingerprint density at radius 2 is 1.89 bits per heavy atom. The van der Waals surface area contributed by atoms with Crippen LogP contribution in [0.15, 0.2) is 66.9 Å². The number of nitrogens with zero attached hydrogens (tertiary/aromatic N) is 2. The van der Waals surface area contributed by atoms with E-state index in [1.807, 2.05) is 60.4 Å². The number of carbonyl (C=O) groups excluding carboxylic acids is 1. The fourth-order valence-corrected chi connectivity index (χ4v) is 3.58. The molecule has 0 aliphatic carbocycles. The molecule has 1 amide bonds. The molecule has 0 fully saturated rings. The fraction of sp³-hybridized carbons (Fsp3) is 0.292. The summed E-state index contributed by atoms with van der Waals surface area (Å²) in [4.78, 5) is 15.3. The van der Waals surface area contributed by atoms with Gasteiger partial charge in [0.25, 0.3) is 5.91 Å². The summed E-state index contributed by atoms with van der Waals surface area (Å²) in [5.41, 5.74) is 4.04. The van der Waals surface area contributed by atoms with Gasteiger partial charge in [0.2, 0.25) is 0 Å². The summed E-state index contributed by atoms with van der Waals surface area (Å²) in [5, 5.41) is 0.738. The van der Waals surface area contributed by atoms with E-state index in [1.165, 1.54) is 0 Å². The second-order valence-corrected chi connectivity index (χ2v) is 7.70. The fourth-order valence-electron chi connectivity index (χ4n) is 3.37. The first-order valence-corrected chi connectivity index (χ1v) is 10.1. The molecule has 0 aliphatic rings. The molecular weight excluding hydrogens is 368 g/mol. The number of hydrogen-bond donors (Lipinski definition) is 0. The monoisotopic (exact) mass is 394 g/mol. The first-order chi connectivity index (χ1) is 13.5. The van der Waals surface area contributed by atoms with Crippen molar-refractivity contribution in [1.82, 2.24) is 9.47 Å². The molecular formula is C24H27ClN2O. The van der Waals surface area contributed by atoms with Crippen molar-refractivity contribution in [1.29, 1.82) is 0 Å². The van der Waals surface area contributed by atoms with E-state index in [0.717, 1.165) is 40.4 Å². The number of rotatable bonds is 7. The van der Waals surface area contributed by atoms with Crippen LogP contribution in [-0.2, 0) is 13.1 Å². The van der Waals surface area contributed by atoms with E-state index in [0.29, 0.717) is 6.54 Å². The number of aryl methyl sites for hydroxylation is 1. The van der Waals surface area contributed by atoms with Crippen LogP contribution in [-0.4, -0.2) is 21.4 Å². The van der Waals surface area contributed by atoms with Crippen LogP contribution in [0.4, 0.5) is 0 Å². The van der Waals surface area contributed by atoms with Gasteiger partial charge < -0.3 is 9.47 Å². The van der Waals surface area contributed by atoms with E-state index >= 15 is 0 Å². The Kier molecular flexibility index (Phi) is 6.58. The van der Waals surface area contributed by atoms with E-state index in [1.54, 1.807) is 0 Å². The summed E-state index contributed by atoms with van der Waals surface area (Å²) in [6.45, 7) is 7.53. The van der Waals surface area contributed by atoms with Crippen molar-refractivity contribution in [2.75, 3.05) is 0 Å². The SMILES string of the molecule is CCC(C)N(Cc1cccn1Cc1cccc(Cl)c1)C(=O)c1ccccc1C. The van der Waals surface area contributed by atoms with Crippen LogP contribution in [0, 0.1) is 6.92 Å². The number of aromatic nitrogens is 1. The number of amides is 1. The van der Waals surface area contributed by atoms with Gasteiger partial charge in [-0.3, -0.25) is 4.79 Å². The molecule has 1 heterocycles. The Hall–Kier alpha value is -2.52. The summed E-state index contributed by atoms with van der Waals surface area (Å²) in [5.74, 6) is 0.0861. The van der Waals surface area contributed by atoms with Crippen molar-refractivity contribution in [2.24, 2.45) is 0 Å². The van der Waals surface area contributed by atoms with Gasteiger partial charge in [-0.2, -0.15) is 0 Å². The molecule has 0 spiro atoms. The lowest BCUT2D eigenvalue weighted by molar-refractivity contribution is 0.0666. The molecule has 4 heteroatoms. The van der Waals surface area contributed by atoms with Gasteiger partial charge in [-0.15, -0.1) is 0 Å². The molecule has 0 radical (unpaired) electrons. The van der Waals surface area contributed by atoms with Gasteiger partial charge in [0.15, 0.2) is 0 Å². The van der Waals surface area contributed by atoms with Gasteiger partial charge in [0.05, 0.1) is 6.54 Å². The largest absolute Gasteiger partial charge is 0.345 e. The Labute approximate surface area is 172 Å². The van der Waals surface area contributed by atoms with Gasteiger partial charge in [0.1, 0.15) is 0 Å². The van der Waals surface area contributed by atoms with Crippen molar-refractivity contribution in [3.63, 3.8) is 0 Å². The predicted octanol–water partition coefficient (Wildman–Crippen LogP) is 5.94. The number of halogens is 1. The van der Waals surface area contributed by atoms with Crippen LogP contribution >= 0.6 is 11.6 Å². The minimum atomic E-state index is 0.0861. The van der Waals surface area contributed by atoms with E-state index < -0.39 is 0 Å². The van der Waals surface area contributed by atoms with Crippen LogP contribution in [0.3, 0.4) is 0 Å². The molecule has 3 aromatic rings. The first-order valence-electron chi connectivity index (χ1n) is 9.74. The molecule has 0 saturated carbocycles. The van der Waals surface area contributed by atoms with Crippen LogP contribution in [0.1, 0.15) is 47.4 Å². The molecule has 0 bridgehead atoms. The summed E-state index contributed by atoms with van der Waals surface area (Å²) >= 11 is 6.13. The molecule has 2 aromatic carbocycles. The maximum absolute atomic E-state index is 13.3. The topological polar surface area (TPSA) is 25.2 Å². The highest BCUT2D eigenvalue weighted by Crippen LogP contribution is 2.19. The van der Waals surface area contributed by atoms with Crippen molar-refractivity contribution in [2.45, 2.75) is 46.3 Å². The highest BCUT2D eigenvalue weighted by molar-refractivity contribution is 6.30. The number of benzene rings is 2. The van der Waals surface area contributed by atoms with E-state index in [4.69, 9.17) is 11.6 Å². The number of carbonyl (C=O) groups is 1. The third-order valence-corrected chi connectivity index (χ3v) is 5.49. The van der Waals surface area contributed by atoms with Crippen LogP contribution in [0.2, 0.25) is 5.02 Å². The van der Waals surface area contributed by atoms with Crippen molar-refractivity contribution in [3.05, 3.63) is 94.3 Å². The smallest absolute Gasteiger partial charge is 0.254 e. The second kappa shape index (κ2) is 9.11. The highest BCUT2D eigenvalue weighted by atomic mass is 35.5. The quantitative estimate of drug-likeness (QED) is 0.486. The second-order valence-electron chi connectivity index (χ2n) is 7.26. The molecule has 3 rings (SSSR count). The highest BCUT2D eigenvalue weighted by Gasteiger charge is 2.23. The molecule has 1 atom stereocenters. The summed E-state index contributed by atoms with van der Waals surface area (Å²) in [6, 6.07) is 20.0. The van der Waals surface area contributed by atoms with Gasteiger partial charge in [0, 0.05) is 35.1 Å². The van der Waals surface area contributed by atoms with E-state index in [-0.39, 0.29) is 11.9 Å². The average molecular weight is 395 g/mol. The molecule has 1 aromatic heterocycles. The normalized spacial score (nSPS) is 12.0. The summed E-state index contributed by atoms with van der Waals surface area (Å²) in [6.07, 6.45) is 2.97. The molecule has 0 N–H and O–H groups in total. The Bertz CT molecular complexity index is 947. The third-order valence-electron chi connectivity index (χ3n) is 5.26. The molecule has 0 aliphatic heterocycles. The van der Waals surface area contributed by atoms with Crippen LogP contribution in [0.5, 0.6) is 0 Å². The van der Waals surface area contributed by atoms with E-state index in [2.05, 4.69) is 36.7 Å². The lowest BCUT2D eigenvalue weighted by Crippen LogP contribution is -2.38. The van der Waals surface area contributed by atoms with Crippen LogP contribution < -0.4 is 0 Å². The van der Waals surface area contributed by atoms with Gasteiger partial charge in [-0.1, -0.05) is 48.9 Å². The minimum Gasteiger partial charge on any atom is -0.345 e. The van der Waals surface area contributed by atoms with E-state index in [9.17, 15) is 4.79 Å². The zero-order valence-electron chi connectivity index (χ0n) is 16.7. The zero-order chi connectivity index (χ0) is 20.1. The Morgan fingerprint density at radius 3 is 2.61 bits per heavy atom. The first kappa shape index (κ1) is 20.2. The maximum atomic E-state index is 13.3.